The number of alkyl halides is 3. The maximum atomic E-state index is 14.0. The number of fused-ring (bicyclic) bond motifs is 2. The molecular formula is C29H23F3N2O5S. The first-order valence-electron chi connectivity index (χ1n) is 12.2. The SMILES string of the molecule is NS(=O)(=O)c1ccc(-c2cccc3c(CCCOc4cccc5ccccc45)c(C(=O)O)[nH]c23)c(C(F)(F)F)c1. The lowest BCUT2D eigenvalue weighted by Gasteiger charge is -2.15. The average Bonchev–Trinajstić information content (AvgIpc) is 3.29. The van der Waals surface area contributed by atoms with Crippen LogP contribution in [-0.4, -0.2) is 31.1 Å². The van der Waals surface area contributed by atoms with Crippen molar-refractivity contribution in [1.29, 1.82) is 0 Å². The number of rotatable bonds is 8. The second-order valence-electron chi connectivity index (χ2n) is 9.19. The zero-order valence-electron chi connectivity index (χ0n) is 20.8. The summed E-state index contributed by atoms with van der Waals surface area (Å²) in [6, 6.07) is 20.5. The minimum Gasteiger partial charge on any atom is -0.493 e. The van der Waals surface area contributed by atoms with Crippen LogP contribution in [0.2, 0.25) is 0 Å². The molecule has 4 N–H and O–H groups in total. The van der Waals surface area contributed by atoms with Gasteiger partial charge in [0.1, 0.15) is 11.4 Å². The van der Waals surface area contributed by atoms with Crippen LogP contribution in [0.1, 0.15) is 28.0 Å². The molecule has 206 valence electrons. The molecule has 7 nitrogen and oxygen atoms in total. The van der Waals surface area contributed by atoms with Crippen LogP contribution in [0.5, 0.6) is 5.75 Å². The van der Waals surface area contributed by atoms with Gasteiger partial charge in [0.2, 0.25) is 10.0 Å². The first kappa shape index (κ1) is 27.2. The van der Waals surface area contributed by atoms with Crippen molar-refractivity contribution in [2.24, 2.45) is 5.14 Å². The van der Waals surface area contributed by atoms with Crippen LogP contribution in [0.25, 0.3) is 32.8 Å². The Morgan fingerprint density at radius 3 is 2.35 bits per heavy atom. The maximum Gasteiger partial charge on any atom is 0.417 e. The number of aromatic amines is 1. The van der Waals surface area contributed by atoms with Gasteiger partial charge in [0, 0.05) is 16.3 Å². The molecule has 0 saturated heterocycles. The molecule has 1 aromatic heterocycles. The lowest BCUT2D eigenvalue weighted by molar-refractivity contribution is -0.137. The predicted octanol–water partition coefficient (Wildman–Crippen LogP) is 6.36. The highest BCUT2D eigenvalue weighted by molar-refractivity contribution is 7.89. The molecule has 0 aliphatic heterocycles. The molecule has 0 saturated carbocycles. The van der Waals surface area contributed by atoms with Crippen molar-refractivity contribution < 1.29 is 36.2 Å². The summed E-state index contributed by atoms with van der Waals surface area (Å²) in [5.74, 6) is -0.562. The first-order valence-corrected chi connectivity index (χ1v) is 13.7. The van der Waals surface area contributed by atoms with Gasteiger partial charge in [-0.05, 0) is 47.6 Å². The summed E-state index contributed by atoms with van der Waals surface area (Å²) >= 11 is 0. The fourth-order valence-electron chi connectivity index (χ4n) is 4.86. The number of primary sulfonamides is 1. The number of sulfonamides is 1. The number of benzene rings is 4. The number of hydrogen-bond donors (Lipinski definition) is 3. The summed E-state index contributed by atoms with van der Waals surface area (Å²) in [6.45, 7) is 0.284. The Bertz CT molecular complexity index is 1860. The molecule has 0 fully saturated rings. The molecule has 0 unspecified atom stereocenters. The Hall–Kier alpha value is -4.35. The molecule has 0 spiro atoms. The highest BCUT2D eigenvalue weighted by Gasteiger charge is 2.35. The van der Waals surface area contributed by atoms with Crippen LogP contribution >= 0.6 is 0 Å². The molecule has 0 radical (unpaired) electrons. The molecular weight excluding hydrogens is 545 g/mol. The lowest BCUT2D eigenvalue weighted by atomic mass is 9.96. The number of hydrogen-bond acceptors (Lipinski definition) is 4. The van der Waals surface area contributed by atoms with Gasteiger partial charge in [-0.15, -0.1) is 0 Å². The molecule has 4 aromatic carbocycles. The van der Waals surface area contributed by atoms with E-state index < -0.39 is 32.6 Å². The van der Waals surface area contributed by atoms with E-state index in [2.05, 4.69) is 4.98 Å². The number of carboxylic acid groups (broad SMARTS) is 1. The maximum absolute atomic E-state index is 14.0. The summed E-state index contributed by atoms with van der Waals surface area (Å²) in [6.07, 6.45) is -4.17. The Morgan fingerprint density at radius 1 is 0.925 bits per heavy atom. The second-order valence-corrected chi connectivity index (χ2v) is 10.8. The minimum absolute atomic E-state index is 0.0755. The molecule has 40 heavy (non-hydrogen) atoms. The largest absolute Gasteiger partial charge is 0.493 e. The molecule has 11 heteroatoms. The van der Waals surface area contributed by atoms with Crippen LogP contribution in [0.15, 0.2) is 83.8 Å². The van der Waals surface area contributed by atoms with Crippen molar-refractivity contribution in [2.75, 3.05) is 6.61 Å². The quantitative estimate of drug-likeness (QED) is 0.188. The fourth-order valence-corrected chi connectivity index (χ4v) is 5.40. The summed E-state index contributed by atoms with van der Waals surface area (Å²) < 4.78 is 71.4. The van der Waals surface area contributed by atoms with Gasteiger partial charge in [-0.3, -0.25) is 0 Å². The highest BCUT2D eigenvalue weighted by Crippen LogP contribution is 2.41. The zero-order valence-corrected chi connectivity index (χ0v) is 21.6. The number of para-hydroxylation sites is 1. The van der Waals surface area contributed by atoms with Crippen molar-refractivity contribution >= 4 is 37.7 Å². The number of carbonyl (C=O) groups is 1. The van der Waals surface area contributed by atoms with Gasteiger partial charge >= 0.3 is 12.1 Å². The van der Waals surface area contributed by atoms with Gasteiger partial charge in [-0.1, -0.05) is 60.7 Å². The Kier molecular flexibility index (Phi) is 7.03. The van der Waals surface area contributed by atoms with Crippen LogP contribution in [0.3, 0.4) is 0 Å². The number of aryl methyl sites for hydroxylation is 1. The van der Waals surface area contributed by atoms with Crippen LogP contribution in [0.4, 0.5) is 13.2 Å². The van der Waals surface area contributed by atoms with E-state index in [1.165, 1.54) is 12.1 Å². The number of aromatic nitrogens is 1. The number of carboxylic acids is 1. The van der Waals surface area contributed by atoms with Crippen LogP contribution in [-0.2, 0) is 22.6 Å². The molecule has 5 rings (SSSR count). The summed E-state index contributed by atoms with van der Waals surface area (Å²) in [4.78, 5) is 14.2. The number of aromatic carboxylic acids is 1. The number of nitrogens with one attached hydrogen (secondary N) is 1. The van der Waals surface area contributed by atoms with Gasteiger partial charge in [0.15, 0.2) is 0 Å². The Balaban J connectivity index is 1.50. The monoisotopic (exact) mass is 568 g/mol. The number of halogens is 3. The summed E-state index contributed by atoms with van der Waals surface area (Å²) in [5.41, 5.74) is -0.953. The summed E-state index contributed by atoms with van der Waals surface area (Å²) in [5, 5.41) is 17.3. The van der Waals surface area contributed by atoms with Gasteiger partial charge in [0.05, 0.1) is 22.6 Å². The van der Waals surface area contributed by atoms with Crippen molar-refractivity contribution in [2.45, 2.75) is 23.9 Å². The second kappa shape index (κ2) is 10.3. The predicted molar refractivity (Wildman–Crippen MR) is 145 cm³/mol. The average molecular weight is 569 g/mol. The molecule has 0 aliphatic carbocycles. The third-order valence-electron chi connectivity index (χ3n) is 6.65. The van der Waals surface area contributed by atoms with Gasteiger partial charge in [-0.25, -0.2) is 18.4 Å². The summed E-state index contributed by atoms with van der Waals surface area (Å²) in [7, 11) is -4.38. The highest BCUT2D eigenvalue weighted by atomic mass is 32.2. The molecule has 5 aromatic rings. The van der Waals surface area contributed by atoms with E-state index in [1.54, 1.807) is 6.07 Å². The zero-order chi connectivity index (χ0) is 28.7. The van der Waals surface area contributed by atoms with E-state index in [0.29, 0.717) is 29.2 Å². The third kappa shape index (κ3) is 5.25. The minimum atomic E-state index is -4.90. The Morgan fingerprint density at radius 2 is 1.62 bits per heavy atom. The van der Waals surface area contributed by atoms with E-state index in [9.17, 15) is 31.5 Å². The standard InChI is InChI=1S/C29H23F3N2O5S/c30-29(31,32)24-16-18(40(33,37)38)13-14-20(24)21-9-4-10-22-23(27(28(35)36)34-26(21)22)11-5-15-39-25-12-3-7-17-6-1-2-8-19(17)25/h1-4,6-10,12-14,16,34H,5,11,15H2,(H,35,36)(H2,33,37,38). The molecule has 0 bridgehead atoms. The molecule has 0 atom stereocenters. The van der Waals surface area contributed by atoms with E-state index in [4.69, 9.17) is 9.88 Å². The van der Waals surface area contributed by atoms with E-state index in [-0.39, 0.29) is 35.4 Å². The van der Waals surface area contributed by atoms with Gasteiger partial charge < -0.3 is 14.8 Å². The van der Waals surface area contributed by atoms with Crippen molar-refractivity contribution in [1.82, 2.24) is 4.98 Å². The van der Waals surface area contributed by atoms with Crippen LogP contribution in [0, 0.1) is 0 Å². The topological polar surface area (TPSA) is 122 Å². The van der Waals surface area contributed by atoms with Crippen molar-refractivity contribution in [3.8, 4) is 16.9 Å². The van der Waals surface area contributed by atoms with Crippen LogP contribution < -0.4 is 9.88 Å². The lowest BCUT2D eigenvalue weighted by Crippen LogP contribution is -2.15. The van der Waals surface area contributed by atoms with Crippen molar-refractivity contribution in [3.05, 3.63) is 95.7 Å². The van der Waals surface area contributed by atoms with E-state index in [0.717, 1.165) is 22.9 Å². The number of H-pyrrole nitrogens is 1. The normalized spacial score (nSPS) is 12.2. The molecule has 0 aliphatic rings. The third-order valence-corrected chi connectivity index (χ3v) is 7.56. The number of ether oxygens (including phenoxy) is 1. The van der Waals surface area contributed by atoms with E-state index in [1.807, 2.05) is 42.5 Å². The Labute approximate surface area is 227 Å². The van der Waals surface area contributed by atoms with Gasteiger partial charge in [-0.2, -0.15) is 13.2 Å². The van der Waals surface area contributed by atoms with Crippen molar-refractivity contribution in [3.63, 3.8) is 0 Å². The van der Waals surface area contributed by atoms with Gasteiger partial charge in [0.25, 0.3) is 0 Å². The fraction of sp³-hybridized carbons (Fsp3) is 0.138. The molecule has 1 heterocycles. The first-order chi connectivity index (χ1) is 18.9. The molecule has 0 amide bonds. The number of nitrogens with two attached hydrogens (primary N) is 1. The van der Waals surface area contributed by atoms with E-state index >= 15 is 0 Å². The smallest absolute Gasteiger partial charge is 0.417 e.